The van der Waals surface area contributed by atoms with E-state index < -0.39 is 0 Å². The maximum atomic E-state index is 6.39. The molecule has 0 spiro atoms. The van der Waals surface area contributed by atoms with Gasteiger partial charge in [0.25, 0.3) is 13.4 Å². The molecule has 11 aromatic carbocycles. The van der Waals surface area contributed by atoms with Gasteiger partial charge in [-0.25, -0.2) is 9.97 Å². The fraction of sp³-hybridized carbons (Fsp3) is 0.174. The minimum atomic E-state index is -0.271. The maximum absolute atomic E-state index is 6.39. The highest BCUT2D eigenvalue weighted by Crippen LogP contribution is 2.58. The van der Waals surface area contributed by atoms with Crippen molar-refractivity contribution in [3.05, 3.63) is 289 Å². The number of pyridine rings is 2. The van der Waals surface area contributed by atoms with Crippen LogP contribution in [0, 0.1) is 0 Å². The lowest BCUT2D eigenvalue weighted by molar-refractivity contribution is 0.332. The molecule has 8 heterocycles. The molecule has 0 unspecified atom stereocenters. The number of aromatic nitrogens is 2. The van der Waals surface area contributed by atoms with Crippen molar-refractivity contribution in [2.75, 3.05) is 29.4 Å². The third-order valence-electron chi connectivity index (χ3n) is 24.3. The lowest BCUT2D eigenvalue weighted by atomic mass is 9.30. The molecule has 104 heavy (non-hydrogen) atoms. The Balaban J connectivity index is 0.903. The number of para-hydroxylation sites is 8. The third kappa shape index (κ3) is 9.03. The van der Waals surface area contributed by atoms with Crippen molar-refractivity contribution in [1.29, 1.82) is 0 Å². The molecule has 0 bridgehead atoms. The summed E-state index contributed by atoms with van der Waals surface area (Å²) < 4.78 is 0. The van der Waals surface area contributed by atoms with Crippen LogP contribution in [0.15, 0.2) is 287 Å². The molecule has 0 fully saturated rings. The molecule has 502 valence electrons. The largest absolute Gasteiger partial charge is 0.311 e. The Hall–Kier alpha value is -10.7. The Kier molecular flexibility index (Phi) is 13.4. The monoisotopic (exact) mass is 1380 g/mol. The first kappa shape index (κ1) is 62.0. The van der Waals surface area contributed by atoms with Crippen molar-refractivity contribution in [2.45, 2.75) is 122 Å². The Labute approximate surface area is 619 Å². The third-order valence-corrected chi connectivity index (χ3v) is 26.5. The Bertz CT molecular complexity index is 5710. The van der Waals surface area contributed by atoms with Gasteiger partial charge in [0.2, 0.25) is 0 Å². The molecule has 8 nitrogen and oxygen atoms in total. The number of anilines is 18. The van der Waals surface area contributed by atoms with E-state index in [1.54, 1.807) is 0 Å². The molecule has 0 atom stereocenters. The van der Waals surface area contributed by atoms with Crippen molar-refractivity contribution in [1.82, 2.24) is 9.97 Å². The van der Waals surface area contributed by atoms with E-state index in [1.807, 2.05) is 23.5 Å². The molecule has 12 heteroatoms. The predicted octanol–water partition coefficient (Wildman–Crippen LogP) is 21.2. The van der Waals surface area contributed by atoms with Crippen molar-refractivity contribution >= 4 is 173 Å². The second-order valence-corrected chi connectivity index (χ2v) is 34.4. The molecule has 2 aliphatic carbocycles. The second-order valence-electron chi connectivity index (χ2n) is 32.2. The molecule has 8 aliphatic rings. The first-order valence-electron chi connectivity index (χ1n) is 37.0. The average molecular weight is 1380 g/mol. The molecule has 0 radical (unpaired) electrons. The quantitative estimate of drug-likeness (QED) is 0.150. The lowest BCUT2D eigenvalue weighted by Crippen LogP contribution is -2.65. The number of nitrogens with zero attached hydrogens (tertiary/aromatic N) is 8. The van der Waals surface area contributed by atoms with Gasteiger partial charge in [0, 0.05) is 88.6 Å². The summed E-state index contributed by atoms with van der Waals surface area (Å²) in [6.45, 7) is 19.3. The van der Waals surface area contributed by atoms with Crippen LogP contribution in [0.2, 0.25) is 0 Å². The first-order valence-corrected chi connectivity index (χ1v) is 38.6. The smallest absolute Gasteiger partial charge is 0.254 e. The first-order chi connectivity index (χ1) is 50.6. The number of hydrogen-bond acceptors (Lipinski definition) is 10. The second kappa shape index (κ2) is 22.4. The average Bonchev–Trinajstić information content (AvgIpc) is 0.679. The van der Waals surface area contributed by atoms with Gasteiger partial charge < -0.3 is 9.80 Å². The summed E-state index contributed by atoms with van der Waals surface area (Å²) >= 11 is 3.66. The Morgan fingerprint density at radius 1 is 0.260 bits per heavy atom. The van der Waals surface area contributed by atoms with E-state index in [0.717, 1.165) is 128 Å². The molecule has 0 saturated heterocycles. The minimum Gasteiger partial charge on any atom is -0.311 e. The molecule has 2 aromatic heterocycles. The van der Waals surface area contributed by atoms with Crippen LogP contribution in [0.25, 0.3) is 0 Å². The van der Waals surface area contributed by atoms with Crippen LogP contribution in [0.4, 0.5) is 103 Å². The fourth-order valence-corrected chi connectivity index (χ4v) is 21.0. The maximum Gasteiger partial charge on any atom is 0.254 e. The number of rotatable bonds is 6. The molecule has 0 amide bonds. The van der Waals surface area contributed by atoms with Gasteiger partial charge >= 0.3 is 0 Å². The van der Waals surface area contributed by atoms with Gasteiger partial charge in [-0.2, -0.15) is 0 Å². The normalized spacial score (nSPS) is 17.2. The van der Waals surface area contributed by atoms with Gasteiger partial charge in [-0.05, 0) is 218 Å². The van der Waals surface area contributed by atoms with Crippen LogP contribution >= 0.6 is 23.5 Å². The van der Waals surface area contributed by atoms with E-state index in [0.29, 0.717) is 0 Å². The van der Waals surface area contributed by atoms with Gasteiger partial charge in [-0.3, -0.25) is 19.6 Å². The molecule has 0 saturated carbocycles. The highest BCUT2D eigenvalue weighted by atomic mass is 32.2. The predicted molar refractivity (Wildman–Crippen MR) is 438 cm³/mol. The molecule has 0 N–H and O–H groups in total. The van der Waals surface area contributed by atoms with E-state index in [4.69, 9.17) is 9.97 Å². The van der Waals surface area contributed by atoms with E-state index in [2.05, 4.69) is 352 Å². The summed E-state index contributed by atoms with van der Waals surface area (Å²) in [7, 11) is 0. The number of fused-ring (bicyclic) bond motifs is 14. The molecule has 21 rings (SSSR count). The van der Waals surface area contributed by atoms with Gasteiger partial charge in [0.1, 0.15) is 23.3 Å². The van der Waals surface area contributed by atoms with Gasteiger partial charge in [-0.1, -0.05) is 218 Å². The summed E-state index contributed by atoms with van der Waals surface area (Å²) in [4.78, 5) is 32.4. The highest BCUT2D eigenvalue weighted by molar-refractivity contribution is 8.00. The van der Waals surface area contributed by atoms with Crippen LogP contribution < -0.4 is 62.2 Å². The zero-order valence-corrected chi connectivity index (χ0v) is 61.4. The number of hydrogen-bond donors (Lipinski definition) is 0. The van der Waals surface area contributed by atoms with E-state index >= 15 is 0 Å². The van der Waals surface area contributed by atoms with Crippen molar-refractivity contribution in [3.8, 4) is 0 Å². The van der Waals surface area contributed by atoms with Gasteiger partial charge in [0.05, 0.1) is 22.7 Å². The molecular formula is C92H76B2N8S2. The summed E-state index contributed by atoms with van der Waals surface area (Å²) in [6, 6.07) is 101. The molecule has 13 aromatic rings. The minimum absolute atomic E-state index is 0.0196. The number of benzene rings is 11. The fourth-order valence-electron chi connectivity index (χ4n) is 18.8. The summed E-state index contributed by atoms with van der Waals surface area (Å²) in [5.41, 5.74) is 28.4. The van der Waals surface area contributed by atoms with Crippen molar-refractivity contribution in [3.63, 3.8) is 0 Å². The van der Waals surface area contributed by atoms with Crippen LogP contribution in [-0.4, -0.2) is 23.4 Å². The van der Waals surface area contributed by atoms with E-state index in [1.165, 1.54) is 74.8 Å². The van der Waals surface area contributed by atoms with Crippen LogP contribution in [0.1, 0.15) is 103 Å². The molecular weight excluding hydrogens is 1300 g/mol. The topological polar surface area (TPSA) is 45.2 Å². The van der Waals surface area contributed by atoms with Crippen molar-refractivity contribution in [2.24, 2.45) is 0 Å². The molecule has 6 aliphatic heterocycles. The SMILES string of the molecule is CC1(C)CCC(C)(C)c2cc(N3c4cc5c(cc4B4c6cc7c(cc6N(c6ccccc6)c6cc(N8c9ccccc9Sc9ccccc98)nc3c64)N(c3ccccc3)c3cc(N4c6ccccc6Sc6ccccc64)nc4c3B7c3ccccc3N4c3ccccc3)C(C)(C)CCC5(C)C)ccc21. The van der Waals surface area contributed by atoms with E-state index in [-0.39, 0.29) is 35.1 Å². The van der Waals surface area contributed by atoms with Crippen molar-refractivity contribution < 1.29 is 0 Å². The zero-order chi connectivity index (χ0) is 69.9. The van der Waals surface area contributed by atoms with Crippen LogP contribution in [-0.2, 0) is 21.7 Å². The van der Waals surface area contributed by atoms with E-state index in [9.17, 15) is 0 Å². The summed E-state index contributed by atoms with van der Waals surface area (Å²) in [5.74, 6) is 3.56. The van der Waals surface area contributed by atoms with Crippen LogP contribution in [0.5, 0.6) is 0 Å². The van der Waals surface area contributed by atoms with Gasteiger partial charge in [0.15, 0.2) is 0 Å². The van der Waals surface area contributed by atoms with Gasteiger partial charge in [-0.15, -0.1) is 0 Å². The summed E-state index contributed by atoms with van der Waals surface area (Å²) in [6.07, 6.45) is 4.43. The Morgan fingerprint density at radius 3 is 1.07 bits per heavy atom. The zero-order valence-electron chi connectivity index (χ0n) is 59.8. The van der Waals surface area contributed by atoms with Crippen LogP contribution in [0.3, 0.4) is 0 Å². The lowest BCUT2D eigenvalue weighted by Gasteiger charge is -2.48. The highest BCUT2D eigenvalue weighted by Gasteiger charge is 2.52. The Morgan fingerprint density at radius 2 is 0.606 bits per heavy atom. The summed E-state index contributed by atoms with van der Waals surface area (Å²) in [5, 5.41) is 0. The standard InChI is InChI=1S/C92H76B2N8S2/c1-89(2)46-47-90(3,4)62-50-60(44-45-61(62)89)100-74-52-64-63(91(5,6)48-49-92(64,7)8)51-66(74)94-68-53-67-75(54-76(68)98(58-30-14-10-15-31-58)78-56-84(96-88(100)86(78)94)102-72-38-22-26-42-81(72)104-82-43-27-23-39-73(82)102)97(57-28-12-9-13-29-57)77-55-83(101-70-36-20-24-40-79(70)103-80-41-25-21-37-71(80)101)95-87-85(77)93(67)65-34-18-19-35-69(65)99(87)59-32-16-11-17-33-59/h9-45,50-56H,46-49H2,1-8H3.